The van der Waals surface area contributed by atoms with Crippen LogP contribution in [-0.4, -0.2) is 5.11 Å². The molecule has 0 unspecified atom stereocenters. The van der Waals surface area contributed by atoms with Crippen LogP contribution in [0, 0.1) is 11.3 Å². The Labute approximate surface area is 130 Å². The van der Waals surface area contributed by atoms with Crippen LogP contribution in [0.4, 0.5) is 0 Å². The molecule has 0 saturated heterocycles. The molecule has 0 atom stereocenters. The maximum absolute atomic E-state index is 9.53. The van der Waals surface area contributed by atoms with Crippen LogP contribution in [0.15, 0.2) is 59.1 Å². The molecule has 3 rings (SSSR count). The van der Waals surface area contributed by atoms with Crippen molar-refractivity contribution >= 4 is 26.7 Å². The van der Waals surface area contributed by atoms with Crippen molar-refractivity contribution in [1.82, 2.24) is 0 Å². The van der Waals surface area contributed by atoms with Crippen molar-refractivity contribution in [1.29, 1.82) is 5.26 Å². The summed E-state index contributed by atoms with van der Waals surface area (Å²) in [6, 6.07) is 18.1. The molecule has 21 heavy (non-hydrogen) atoms. The van der Waals surface area contributed by atoms with Crippen molar-refractivity contribution in [3.8, 4) is 23.3 Å². The Hall–Kier alpha value is -2.51. The van der Waals surface area contributed by atoms with Crippen molar-refractivity contribution in [2.75, 3.05) is 0 Å². The van der Waals surface area contributed by atoms with E-state index in [1.807, 2.05) is 24.3 Å². The molecule has 102 valence electrons. The molecule has 0 bridgehead atoms. The van der Waals surface area contributed by atoms with E-state index in [0.29, 0.717) is 17.1 Å². The third kappa shape index (κ3) is 2.83. The summed E-state index contributed by atoms with van der Waals surface area (Å²) in [6.45, 7) is 0. The van der Waals surface area contributed by atoms with Crippen molar-refractivity contribution in [3.63, 3.8) is 0 Å². The van der Waals surface area contributed by atoms with E-state index in [0.717, 1.165) is 15.2 Å². The molecule has 3 aromatic carbocycles. The lowest BCUT2D eigenvalue weighted by atomic mass is 10.1. The quantitative estimate of drug-likeness (QED) is 0.716. The van der Waals surface area contributed by atoms with Crippen LogP contribution in [0.2, 0.25) is 0 Å². The summed E-state index contributed by atoms with van der Waals surface area (Å²) in [6.07, 6.45) is 0. The van der Waals surface area contributed by atoms with Crippen LogP contribution in [0.25, 0.3) is 10.8 Å². The number of fused-ring (bicyclic) bond motifs is 1. The zero-order valence-corrected chi connectivity index (χ0v) is 12.5. The summed E-state index contributed by atoms with van der Waals surface area (Å²) in [5, 5.41) is 20.3. The highest BCUT2D eigenvalue weighted by Gasteiger charge is 2.05. The predicted octanol–water partition coefficient (Wildman–Crippen LogP) is 4.97. The number of hydrogen-bond donors (Lipinski definition) is 1. The predicted molar refractivity (Wildman–Crippen MR) is 84.5 cm³/mol. The minimum atomic E-state index is 0.221. The van der Waals surface area contributed by atoms with Crippen LogP contribution in [-0.2, 0) is 0 Å². The molecule has 0 fully saturated rings. The lowest BCUT2D eigenvalue weighted by Gasteiger charge is -2.09. The second-order valence-corrected chi connectivity index (χ2v) is 5.41. The molecule has 0 amide bonds. The first-order valence-electron chi connectivity index (χ1n) is 6.26. The van der Waals surface area contributed by atoms with Gasteiger partial charge in [0, 0.05) is 0 Å². The fourth-order valence-electron chi connectivity index (χ4n) is 2.06. The van der Waals surface area contributed by atoms with Gasteiger partial charge >= 0.3 is 0 Å². The summed E-state index contributed by atoms with van der Waals surface area (Å²) in [7, 11) is 0. The van der Waals surface area contributed by atoms with Gasteiger partial charge in [0.15, 0.2) is 0 Å². The molecule has 0 saturated carbocycles. The molecule has 0 aliphatic rings. The fraction of sp³-hybridized carbons (Fsp3) is 0. The molecular weight excluding hydrogens is 330 g/mol. The van der Waals surface area contributed by atoms with Gasteiger partial charge in [0.25, 0.3) is 0 Å². The molecule has 0 radical (unpaired) electrons. The first-order valence-corrected chi connectivity index (χ1v) is 7.05. The van der Waals surface area contributed by atoms with Crippen LogP contribution >= 0.6 is 15.9 Å². The zero-order chi connectivity index (χ0) is 14.8. The Bertz CT molecular complexity index is 868. The molecule has 3 nitrogen and oxygen atoms in total. The van der Waals surface area contributed by atoms with Gasteiger partial charge in [-0.05, 0) is 69.2 Å². The Morgan fingerprint density at radius 3 is 2.52 bits per heavy atom. The number of rotatable bonds is 2. The monoisotopic (exact) mass is 339 g/mol. The SMILES string of the molecule is N#Cc1ccc(Oc2ccc3ccc(O)cc3c2)c(Br)c1. The molecule has 0 spiro atoms. The number of phenols is 1. The van der Waals surface area contributed by atoms with Gasteiger partial charge in [0.1, 0.15) is 17.2 Å². The van der Waals surface area contributed by atoms with Crippen LogP contribution in [0.5, 0.6) is 17.2 Å². The maximum atomic E-state index is 9.53. The Kier molecular flexibility index (Phi) is 3.51. The molecule has 3 aromatic rings. The lowest BCUT2D eigenvalue weighted by Crippen LogP contribution is -1.87. The Balaban J connectivity index is 1.96. The van der Waals surface area contributed by atoms with E-state index in [-0.39, 0.29) is 5.75 Å². The van der Waals surface area contributed by atoms with Gasteiger partial charge < -0.3 is 9.84 Å². The van der Waals surface area contributed by atoms with Crippen LogP contribution < -0.4 is 4.74 Å². The van der Waals surface area contributed by atoms with E-state index in [9.17, 15) is 5.11 Å². The summed E-state index contributed by atoms with van der Waals surface area (Å²) in [4.78, 5) is 0. The van der Waals surface area contributed by atoms with E-state index in [1.54, 1.807) is 30.3 Å². The van der Waals surface area contributed by atoms with Gasteiger partial charge in [-0.15, -0.1) is 0 Å². The summed E-state index contributed by atoms with van der Waals surface area (Å²) >= 11 is 3.39. The van der Waals surface area contributed by atoms with Gasteiger partial charge in [-0.25, -0.2) is 0 Å². The molecule has 0 heterocycles. The second kappa shape index (κ2) is 5.47. The minimum Gasteiger partial charge on any atom is -0.508 e. The summed E-state index contributed by atoms with van der Waals surface area (Å²) in [5.41, 5.74) is 0.567. The normalized spacial score (nSPS) is 10.3. The minimum absolute atomic E-state index is 0.221. The van der Waals surface area contributed by atoms with Crippen molar-refractivity contribution < 1.29 is 9.84 Å². The first kappa shape index (κ1) is 13.5. The van der Waals surface area contributed by atoms with Gasteiger partial charge in [0.05, 0.1) is 16.1 Å². The topological polar surface area (TPSA) is 53.2 Å². The van der Waals surface area contributed by atoms with E-state index in [4.69, 9.17) is 10.00 Å². The lowest BCUT2D eigenvalue weighted by molar-refractivity contribution is 0.475. The molecule has 0 aliphatic carbocycles. The highest BCUT2D eigenvalue weighted by Crippen LogP contribution is 2.32. The molecule has 4 heteroatoms. The van der Waals surface area contributed by atoms with Gasteiger partial charge in [-0.1, -0.05) is 12.1 Å². The van der Waals surface area contributed by atoms with Gasteiger partial charge in [-0.3, -0.25) is 0 Å². The van der Waals surface area contributed by atoms with Crippen molar-refractivity contribution in [3.05, 3.63) is 64.6 Å². The van der Waals surface area contributed by atoms with Crippen molar-refractivity contribution in [2.24, 2.45) is 0 Å². The standard InChI is InChI=1S/C17H10BrNO2/c18-16-7-11(10-19)1-6-17(16)21-15-5-3-12-2-4-14(20)8-13(12)9-15/h1-9,20H. The summed E-state index contributed by atoms with van der Waals surface area (Å²) in [5.74, 6) is 1.52. The second-order valence-electron chi connectivity index (χ2n) is 4.55. The number of halogens is 1. The smallest absolute Gasteiger partial charge is 0.141 e. The number of phenolic OH excluding ortho intramolecular Hbond substituents is 1. The van der Waals surface area contributed by atoms with E-state index in [1.165, 1.54) is 0 Å². The number of benzene rings is 3. The number of ether oxygens (including phenoxy) is 1. The largest absolute Gasteiger partial charge is 0.508 e. The third-order valence-corrected chi connectivity index (χ3v) is 3.70. The highest BCUT2D eigenvalue weighted by atomic mass is 79.9. The molecule has 1 N–H and O–H groups in total. The van der Waals surface area contributed by atoms with Gasteiger partial charge in [0.2, 0.25) is 0 Å². The maximum Gasteiger partial charge on any atom is 0.141 e. The van der Waals surface area contributed by atoms with Crippen LogP contribution in [0.3, 0.4) is 0 Å². The van der Waals surface area contributed by atoms with E-state index < -0.39 is 0 Å². The number of hydrogen-bond acceptors (Lipinski definition) is 3. The third-order valence-electron chi connectivity index (χ3n) is 3.08. The molecule has 0 aromatic heterocycles. The zero-order valence-electron chi connectivity index (χ0n) is 10.9. The number of nitrogens with zero attached hydrogens (tertiary/aromatic N) is 1. The number of aromatic hydroxyl groups is 1. The van der Waals surface area contributed by atoms with Crippen molar-refractivity contribution in [2.45, 2.75) is 0 Å². The average molecular weight is 340 g/mol. The molecule has 0 aliphatic heterocycles. The number of nitriles is 1. The molecular formula is C17H10BrNO2. The van der Waals surface area contributed by atoms with Gasteiger partial charge in [-0.2, -0.15) is 5.26 Å². The average Bonchev–Trinajstić information content (AvgIpc) is 2.49. The Morgan fingerprint density at radius 1 is 0.952 bits per heavy atom. The Morgan fingerprint density at radius 2 is 1.76 bits per heavy atom. The van der Waals surface area contributed by atoms with E-state index >= 15 is 0 Å². The summed E-state index contributed by atoms with van der Waals surface area (Å²) < 4.78 is 6.54. The fourth-order valence-corrected chi connectivity index (χ4v) is 2.52. The highest BCUT2D eigenvalue weighted by molar-refractivity contribution is 9.10. The van der Waals surface area contributed by atoms with Crippen LogP contribution in [0.1, 0.15) is 5.56 Å². The van der Waals surface area contributed by atoms with E-state index in [2.05, 4.69) is 22.0 Å². The first-order chi connectivity index (χ1) is 10.2.